The summed E-state index contributed by atoms with van der Waals surface area (Å²) in [6.45, 7) is 13.2. The largest absolute Gasteiger partial charge is 0.469 e. The third kappa shape index (κ3) is 20.3. The van der Waals surface area contributed by atoms with Gasteiger partial charge in [-0.25, -0.2) is 4.57 Å². The number of hydrogen-bond acceptors (Lipinski definition) is 4. The Morgan fingerprint density at radius 3 is 1.77 bits per heavy atom. The summed E-state index contributed by atoms with van der Waals surface area (Å²) >= 11 is 0. The topological polar surface area (TPSA) is 85.2 Å². The Labute approximate surface area is 182 Å². The lowest BCUT2D eigenvalue weighted by Gasteiger charge is -2.17. The predicted molar refractivity (Wildman–Crippen MR) is 123 cm³/mol. The van der Waals surface area contributed by atoms with Crippen LogP contribution in [-0.4, -0.2) is 42.3 Å². The van der Waals surface area contributed by atoms with Crippen molar-refractivity contribution in [3.8, 4) is 0 Å². The van der Waals surface area contributed by atoms with Crippen LogP contribution in [0, 0.1) is 0 Å². The Morgan fingerprint density at radius 1 is 0.800 bits per heavy atom. The fraction of sp³-hybridized carbons (Fsp3) is 0.652. The van der Waals surface area contributed by atoms with Crippen molar-refractivity contribution in [3.63, 3.8) is 0 Å². The molecule has 0 unspecified atom stereocenters. The van der Waals surface area contributed by atoms with E-state index in [0.29, 0.717) is 13.2 Å². The molecule has 0 amide bonds. The molecular weight excluding hydrogens is 403 g/mol. The van der Waals surface area contributed by atoms with Crippen LogP contribution in [0.3, 0.4) is 0 Å². The predicted octanol–water partition coefficient (Wildman–Crippen LogP) is 5.88. The van der Waals surface area contributed by atoms with Gasteiger partial charge in [0.2, 0.25) is 0 Å². The summed E-state index contributed by atoms with van der Waals surface area (Å²) in [5.41, 5.74) is 5.06. The van der Waals surface area contributed by atoms with E-state index in [1.54, 1.807) is 0 Å². The summed E-state index contributed by atoms with van der Waals surface area (Å²) in [6.07, 6.45) is 11.8. The third-order valence-electron chi connectivity index (χ3n) is 4.23. The second-order valence-electron chi connectivity index (χ2n) is 8.02. The van der Waals surface area contributed by atoms with Crippen molar-refractivity contribution in [3.05, 3.63) is 46.6 Å². The average Bonchev–Trinajstić information content (AvgIpc) is 2.61. The van der Waals surface area contributed by atoms with Crippen molar-refractivity contribution in [2.24, 2.45) is 0 Å². The molecule has 1 atom stereocenters. The molecule has 0 radical (unpaired) electrons. The van der Waals surface area contributed by atoms with Gasteiger partial charge in [-0.2, -0.15) is 0 Å². The van der Waals surface area contributed by atoms with Crippen LogP contribution in [0.5, 0.6) is 0 Å². The van der Waals surface area contributed by atoms with Crippen molar-refractivity contribution < 1.29 is 28.3 Å². The fourth-order valence-corrected chi connectivity index (χ4v) is 2.79. The Kier molecular flexibility index (Phi) is 16.1. The van der Waals surface area contributed by atoms with E-state index in [2.05, 4.69) is 51.3 Å². The van der Waals surface area contributed by atoms with Gasteiger partial charge in [-0.1, -0.05) is 46.6 Å². The molecule has 0 aromatic carbocycles. The minimum atomic E-state index is -4.55. The highest BCUT2D eigenvalue weighted by molar-refractivity contribution is 7.46. The Hall–Kier alpha value is -1.01. The van der Waals surface area contributed by atoms with Gasteiger partial charge >= 0.3 is 7.82 Å². The highest BCUT2D eigenvalue weighted by atomic mass is 31.2. The molecule has 0 spiro atoms. The first kappa shape index (κ1) is 29.0. The van der Waals surface area contributed by atoms with Crippen LogP contribution in [0.1, 0.15) is 67.2 Å². The number of rotatable bonds is 16. The van der Waals surface area contributed by atoms with Gasteiger partial charge in [0.1, 0.15) is 6.10 Å². The highest BCUT2D eigenvalue weighted by Gasteiger charge is 2.18. The molecule has 0 aliphatic rings. The molecule has 6 nitrogen and oxygen atoms in total. The normalized spacial score (nSPS) is 13.9. The monoisotopic (exact) mass is 444 g/mol. The van der Waals surface area contributed by atoms with Crippen molar-refractivity contribution in [1.29, 1.82) is 0 Å². The van der Waals surface area contributed by atoms with Crippen LogP contribution < -0.4 is 0 Å². The van der Waals surface area contributed by atoms with Crippen LogP contribution in [0.2, 0.25) is 0 Å². The quantitative estimate of drug-likeness (QED) is 0.176. The zero-order valence-electron chi connectivity index (χ0n) is 19.5. The fourth-order valence-electron chi connectivity index (χ4n) is 2.43. The van der Waals surface area contributed by atoms with Gasteiger partial charge in [0.25, 0.3) is 0 Å². The Balaban J connectivity index is 4.48. The van der Waals surface area contributed by atoms with Crippen LogP contribution in [0.4, 0.5) is 0 Å². The lowest BCUT2D eigenvalue weighted by Crippen LogP contribution is -2.25. The number of hydrogen-bond donors (Lipinski definition) is 2. The Morgan fingerprint density at radius 2 is 1.30 bits per heavy atom. The van der Waals surface area contributed by atoms with Gasteiger partial charge in [0, 0.05) is 0 Å². The first-order valence-corrected chi connectivity index (χ1v) is 12.0. The van der Waals surface area contributed by atoms with E-state index in [1.165, 1.54) is 22.3 Å². The minimum absolute atomic E-state index is 0.197. The second kappa shape index (κ2) is 16.7. The summed E-state index contributed by atoms with van der Waals surface area (Å²) in [7, 11) is -4.55. The lowest BCUT2D eigenvalue weighted by atomic mass is 10.1. The maximum absolute atomic E-state index is 11.0. The van der Waals surface area contributed by atoms with Crippen LogP contribution in [0.15, 0.2) is 46.6 Å². The molecule has 0 aliphatic carbocycles. The first-order valence-electron chi connectivity index (χ1n) is 10.5. The van der Waals surface area contributed by atoms with Crippen molar-refractivity contribution in [2.45, 2.75) is 73.3 Å². The summed E-state index contributed by atoms with van der Waals surface area (Å²) in [4.78, 5) is 17.9. The molecule has 0 rings (SSSR count). The maximum Gasteiger partial charge on any atom is 0.469 e. The van der Waals surface area contributed by atoms with E-state index < -0.39 is 13.9 Å². The van der Waals surface area contributed by atoms with Crippen molar-refractivity contribution in [2.75, 3.05) is 26.4 Å². The summed E-state index contributed by atoms with van der Waals surface area (Å²) in [5.74, 6) is 0. The van der Waals surface area contributed by atoms with E-state index in [1.807, 2.05) is 19.1 Å². The first-order chi connectivity index (χ1) is 14.0. The number of phosphoric acid groups is 1. The zero-order valence-corrected chi connectivity index (χ0v) is 20.4. The molecule has 0 fully saturated rings. The van der Waals surface area contributed by atoms with Crippen molar-refractivity contribution >= 4 is 7.82 Å². The van der Waals surface area contributed by atoms with E-state index in [-0.39, 0.29) is 13.2 Å². The van der Waals surface area contributed by atoms with Crippen LogP contribution in [-0.2, 0) is 18.6 Å². The average molecular weight is 445 g/mol. The molecule has 7 heteroatoms. The van der Waals surface area contributed by atoms with Gasteiger partial charge in [-0.3, -0.25) is 4.52 Å². The molecule has 0 saturated heterocycles. The van der Waals surface area contributed by atoms with Gasteiger partial charge in [-0.05, 0) is 67.2 Å². The molecule has 0 saturated carbocycles. The minimum Gasteiger partial charge on any atom is -0.375 e. The summed E-state index contributed by atoms with van der Waals surface area (Å²) in [5, 5.41) is 0. The van der Waals surface area contributed by atoms with Gasteiger partial charge in [0.15, 0.2) is 0 Å². The van der Waals surface area contributed by atoms with Gasteiger partial charge < -0.3 is 19.3 Å². The molecule has 0 aromatic rings. The third-order valence-corrected chi connectivity index (χ3v) is 4.71. The Bertz CT molecular complexity index is 634. The number of phosphoric ester groups is 1. The van der Waals surface area contributed by atoms with Crippen molar-refractivity contribution in [1.82, 2.24) is 0 Å². The number of ether oxygens (including phenoxy) is 2. The molecule has 0 heterocycles. The van der Waals surface area contributed by atoms with Crippen LogP contribution in [0.25, 0.3) is 0 Å². The lowest BCUT2D eigenvalue weighted by molar-refractivity contribution is -0.0267. The van der Waals surface area contributed by atoms with Crippen LogP contribution >= 0.6 is 7.82 Å². The van der Waals surface area contributed by atoms with E-state index >= 15 is 0 Å². The highest BCUT2D eigenvalue weighted by Crippen LogP contribution is 2.35. The molecular formula is C23H41O6P. The second-order valence-corrected chi connectivity index (χ2v) is 9.26. The van der Waals surface area contributed by atoms with Gasteiger partial charge in [-0.15, -0.1) is 0 Å². The molecule has 2 N–H and O–H groups in total. The van der Waals surface area contributed by atoms with E-state index in [9.17, 15) is 4.57 Å². The smallest absolute Gasteiger partial charge is 0.375 e. The molecule has 30 heavy (non-hydrogen) atoms. The molecule has 174 valence electrons. The van der Waals surface area contributed by atoms with Gasteiger partial charge in [0.05, 0.1) is 26.4 Å². The molecule has 0 aliphatic heterocycles. The SMILES string of the molecule is CC(C)=CCC/C(C)=C/COC[C@@H](COP(=O)(O)O)OC/C=C(\C)CCC=C(C)C. The number of allylic oxidation sites excluding steroid dienone is 6. The standard InChI is InChI=1S/C23H41O6P/c1-19(2)9-7-11-21(5)13-15-27-17-23(18-29-30(24,25)26)28-16-14-22(6)12-8-10-20(3)4/h9-10,13-14,23H,7-8,11-12,15-18H2,1-6H3,(H2,24,25,26)/b21-13+,22-14+/t23-/m0/s1. The maximum atomic E-state index is 11.0. The summed E-state index contributed by atoms with van der Waals surface area (Å²) in [6, 6.07) is 0. The molecule has 0 bridgehead atoms. The molecule has 0 aromatic heterocycles. The zero-order chi connectivity index (χ0) is 23.0. The summed E-state index contributed by atoms with van der Waals surface area (Å²) < 4.78 is 27.0. The van der Waals surface area contributed by atoms with E-state index in [0.717, 1.165) is 25.7 Å². The van der Waals surface area contributed by atoms with E-state index in [4.69, 9.17) is 19.3 Å².